The molecule has 0 spiro atoms. The van der Waals surface area contributed by atoms with Gasteiger partial charge in [0.25, 0.3) is 0 Å². The Labute approximate surface area is 123 Å². The molecule has 102 valence electrons. The van der Waals surface area contributed by atoms with E-state index in [0.717, 1.165) is 35.1 Å². The van der Waals surface area contributed by atoms with Crippen molar-refractivity contribution >= 4 is 22.9 Å². The van der Waals surface area contributed by atoms with Gasteiger partial charge in [0.15, 0.2) is 0 Å². The van der Waals surface area contributed by atoms with Gasteiger partial charge in [0.05, 0.1) is 16.7 Å². The molecule has 0 bridgehead atoms. The second-order valence-corrected chi connectivity index (χ2v) is 6.13. The summed E-state index contributed by atoms with van der Waals surface area (Å²) < 4.78 is 0. The van der Waals surface area contributed by atoms with Gasteiger partial charge in [-0.3, -0.25) is 0 Å². The predicted octanol–water partition coefficient (Wildman–Crippen LogP) is 4.39. The normalized spacial score (nSPS) is 12.6. The lowest BCUT2D eigenvalue weighted by atomic mass is 10.0. The van der Waals surface area contributed by atoms with E-state index in [2.05, 4.69) is 28.7 Å². The van der Waals surface area contributed by atoms with Crippen molar-refractivity contribution in [3.63, 3.8) is 0 Å². The van der Waals surface area contributed by atoms with Crippen molar-refractivity contribution < 1.29 is 0 Å². The molecule has 1 aromatic carbocycles. The van der Waals surface area contributed by atoms with Gasteiger partial charge in [-0.1, -0.05) is 30.7 Å². The van der Waals surface area contributed by atoms with E-state index in [1.165, 1.54) is 5.56 Å². The molecule has 1 aromatic heterocycles. The lowest BCUT2D eigenvalue weighted by molar-refractivity contribution is 0.519. The Kier molecular flexibility index (Phi) is 5.37. The number of halogens is 1. The van der Waals surface area contributed by atoms with Gasteiger partial charge in [-0.05, 0) is 44.0 Å². The van der Waals surface area contributed by atoms with Crippen LogP contribution in [0.1, 0.15) is 35.7 Å². The van der Waals surface area contributed by atoms with E-state index >= 15 is 0 Å². The number of nitrogens with zero attached hydrogens (tertiary/aromatic N) is 1. The Bertz CT molecular complexity index is 524. The highest BCUT2D eigenvalue weighted by molar-refractivity contribution is 7.09. The number of hydrogen-bond acceptors (Lipinski definition) is 3. The average molecular weight is 295 g/mol. The van der Waals surface area contributed by atoms with Crippen LogP contribution in [0.4, 0.5) is 0 Å². The maximum Gasteiger partial charge on any atom is 0.0898 e. The molecule has 0 radical (unpaired) electrons. The molecule has 1 atom stereocenters. The van der Waals surface area contributed by atoms with Gasteiger partial charge in [-0.25, -0.2) is 4.98 Å². The standard InChI is InChI=1S/C15H19ClN2S/c1-3-7-17-14(15-10-19-11(2)18-15)9-12-5-4-6-13(16)8-12/h4-6,8,10,14,17H,3,7,9H2,1-2H3. The summed E-state index contributed by atoms with van der Waals surface area (Å²) >= 11 is 7.75. The maximum absolute atomic E-state index is 6.05. The zero-order valence-electron chi connectivity index (χ0n) is 11.3. The molecular weight excluding hydrogens is 276 g/mol. The third-order valence-corrected chi connectivity index (χ3v) is 3.99. The van der Waals surface area contributed by atoms with Crippen molar-refractivity contribution in [1.29, 1.82) is 0 Å². The Morgan fingerprint density at radius 3 is 2.89 bits per heavy atom. The average Bonchev–Trinajstić information content (AvgIpc) is 2.81. The summed E-state index contributed by atoms with van der Waals surface area (Å²) in [5.41, 5.74) is 2.38. The summed E-state index contributed by atoms with van der Waals surface area (Å²) in [6.45, 7) is 5.22. The Balaban J connectivity index is 2.13. The monoisotopic (exact) mass is 294 g/mol. The molecule has 0 saturated carbocycles. The highest BCUT2D eigenvalue weighted by Crippen LogP contribution is 2.22. The van der Waals surface area contributed by atoms with Crippen molar-refractivity contribution in [2.24, 2.45) is 0 Å². The molecule has 0 saturated heterocycles. The number of nitrogens with one attached hydrogen (secondary N) is 1. The van der Waals surface area contributed by atoms with Crippen LogP contribution in [0.5, 0.6) is 0 Å². The van der Waals surface area contributed by atoms with E-state index < -0.39 is 0 Å². The minimum atomic E-state index is 0.267. The van der Waals surface area contributed by atoms with Gasteiger partial charge < -0.3 is 5.32 Å². The molecule has 4 heteroatoms. The molecule has 2 aromatic rings. The van der Waals surface area contributed by atoms with Crippen molar-refractivity contribution in [2.75, 3.05) is 6.54 Å². The van der Waals surface area contributed by atoms with E-state index in [1.807, 2.05) is 25.1 Å². The molecule has 0 fully saturated rings. The first kappa shape index (κ1) is 14.5. The zero-order valence-corrected chi connectivity index (χ0v) is 12.9. The fourth-order valence-corrected chi connectivity index (χ4v) is 2.92. The molecule has 1 N–H and O–H groups in total. The number of benzene rings is 1. The Morgan fingerprint density at radius 2 is 2.26 bits per heavy atom. The molecule has 1 unspecified atom stereocenters. The van der Waals surface area contributed by atoms with Gasteiger partial charge in [0.1, 0.15) is 0 Å². The lowest BCUT2D eigenvalue weighted by Crippen LogP contribution is -2.24. The minimum absolute atomic E-state index is 0.267. The number of rotatable bonds is 6. The summed E-state index contributed by atoms with van der Waals surface area (Å²) in [5, 5.41) is 7.62. The molecule has 1 heterocycles. The number of aromatic nitrogens is 1. The summed E-state index contributed by atoms with van der Waals surface area (Å²) in [5.74, 6) is 0. The van der Waals surface area contributed by atoms with Gasteiger partial charge in [0, 0.05) is 10.4 Å². The first-order valence-corrected chi connectivity index (χ1v) is 7.84. The fourth-order valence-electron chi connectivity index (χ4n) is 2.04. The van der Waals surface area contributed by atoms with Crippen LogP contribution < -0.4 is 5.32 Å². The van der Waals surface area contributed by atoms with Crippen LogP contribution in [0, 0.1) is 6.92 Å². The summed E-state index contributed by atoms with van der Waals surface area (Å²) in [7, 11) is 0. The van der Waals surface area contributed by atoms with Gasteiger partial charge >= 0.3 is 0 Å². The molecule has 0 aliphatic carbocycles. The highest BCUT2D eigenvalue weighted by Gasteiger charge is 2.14. The van der Waals surface area contributed by atoms with E-state index in [0.29, 0.717) is 0 Å². The molecule has 2 nitrogen and oxygen atoms in total. The summed E-state index contributed by atoms with van der Waals surface area (Å²) in [4.78, 5) is 4.61. The van der Waals surface area contributed by atoms with E-state index in [1.54, 1.807) is 11.3 Å². The van der Waals surface area contributed by atoms with Gasteiger partial charge in [-0.15, -0.1) is 11.3 Å². The van der Waals surface area contributed by atoms with E-state index in [-0.39, 0.29) is 6.04 Å². The number of thiazole rings is 1. The number of aryl methyl sites for hydroxylation is 1. The smallest absolute Gasteiger partial charge is 0.0898 e. The summed E-state index contributed by atoms with van der Waals surface area (Å²) in [6.07, 6.45) is 2.04. The van der Waals surface area contributed by atoms with Crippen LogP contribution in [0.2, 0.25) is 5.02 Å². The van der Waals surface area contributed by atoms with Crippen molar-refractivity contribution in [3.8, 4) is 0 Å². The quantitative estimate of drug-likeness (QED) is 0.855. The topological polar surface area (TPSA) is 24.9 Å². The maximum atomic E-state index is 6.05. The molecule has 0 aliphatic rings. The molecule has 0 aliphatic heterocycles. The van der Waals surface area contributed by atoms with Crippen LogP contribution in [-0.4, -0.2) is 11.5 Å². The fraction of sp³-hybridized carbons (Fsp3) is 0.400. The Morgan fingerprint density at radius 1 is 1.42 bits per heavy atom. The predicted molar refractivity (Wildman–Crippen MR) is 83.0 cm³/mol. The van der Waals surface area contributed by atoms with Crippen molar-refractivity contribution in [3.05, 3.63) is 50.9 Å². The van der Waals surface area contributed by atoms with Gasteiger partial charge in [0.2, 0.25) is 0 Å². The van der Waals surface area contributed by atoms with E-state index in [4.69, 9.17) is 11.6 Å². The largest absolute Gasteiger partial charge is 0.308 e. The second kappa shape index (κ2) is 7.04. The van der Waals surface area contributed by atoms with Crippen LogP contribution in [0.3, 0.4) is 0 Å². The summed E-state index contributed by atoms with van der Waals surface area (Å²) in [6, 6.07) is 8.32. The lowest BCUT2D eigenvalue weighted by Gasteiger charge is -2.16. The van der Waals surface area contributed by atoms with Crippen molar-refractivity contribution in [2.45, 2.75) is 32.7 Å². The zero-order chi connectivity index (χ0) is 13.7. The highest BCUT2D eigenvalue weighted by atomic mass is 35.5. The van der Waals surface area contributed by atoms with E-state index in [9.17, 15) is 0 Å². The van der Waals surface area contributed by atoms with Crippen LogP contribution in [0.25, 0.3) is 0 Å². The molecule has 2 rings (SSSR count). The van der Waals surface area contributed by atoms with Crippen molar-refractivity contribution in [1.82, 2.24) is 10.3 Å². The molecular formula is C15H19ClN2S. The number of hydrogen-bond donors (Lipinski definition) is 1. The molecule has 19 heavy (non-hydrogen) atoms. The first-order chi connectivity index (χ1) is 9.19. The SMILES string of the molecule is CCCNC(Cc1cccc(Cl)c1)c1csc(C)n1. The van der Waals surface area contributed by atoms with Crippen LogP contribution >= 0.6 is 22.9 Å². The molecule has 0 amide bonds. The Hall–Kier alpha value is -0.900. The van der Waals surface area contributed by atoms with Gasteiger partial charge in [-0.2, -0.15) is 0 Å². The third-order valence-electron chi connectivity index (χ3n) is 2.96. The van der Waals surface area contributed by atoms with Crippen LogP contribution in [-0.2, 0) is 6.42 Å². The van der Waals surface area contributed by atoms with Crippen LogP contribution in [0.15, 0.2) is 29.6 Å². The third kappa shape index (κ3) is 4.30. The minimum Gasteiger partial charge on any atom is -0.308 e. The second-order valence-electron chi connectivity index (χ2n) is 4.63. The first-order valence-electron chi connectivity index (χ1n) is 6.59.